The van der Waals surface area contributed by atoms with Gasteiger partial charge < -0.3 is 10.2 Å². The molecule has 1 fully saturated rings. The first-order valence-electron chi connectivity index (χ1n) is 13.9. The van der Waals surface area contributed by atoms with Crippen molar-refractivity contribution in [3.05, 3.63) is 89.0 Å². The molecule has 1 saturated heterocycles. The molecule has 1 unspecified atom stereocenters. The van der Waals surface area contributed by atoms with Crippen LogP contribution in [0.4, 0.5) is 5.69 Å². The minimum Gasteiger partial charge on any atom is -0.352 e. The molecule has 0 radical (unpaired) electrons. The molecule has 2 aliphatic rings. The van der Waals surface area contributed by atoms with Crippen LogP contribution in [0.2, 0.25) is 0 Å². The molecule has 0 aliphatic carbocycles. The van der Waals surface area contributed by atoms with Crippen molar-refractivity contribution in [2.24, 2.45) is 11.8 Å². The molecule has 0 aromatic heterocycles. The number of carbonyl (C=O) groups excluding carboxylic acids is 2. The van der Waals surface area contributed by atoms with Crippen LogP contribution in [0.25, 0.3) is 0 Å². The summed E-state index contributed by atoms with van der Waals surface area (Å²) in [4.78, 5) is 31.3. The van der Waals surface area contributed by atoms with Crippen molar-refractivity contribution in [3.63, 3.8) is 0 Å². The van der Waals surface area contributed by atoms with E-state index < -0.39 is 0 Å². The molecule has 7 heteroatoms. The molecule has 2 N–H and O–H groups in total. The van der Waals surface area contributed by atoms with Crippen molar-refractivity contribution < 1.29 is 9.59 Å². The molecule has 0 saturated carbocycles. The van der Waals surface area contributed by atoms with Crippen LogP contribution in [-0.4, -0.2) is 42.9 Å². The molecule has 0 spiro atoms. The number of hydrazine groups is 1. The Morgan fingerprint density at radius 2 is 1.77 bits per heavy atom. The normalized spacial score (nSPS) is 16.8. The molecule has 0 bridgehead atoms. The third kappa shape index (κ3) is 6.72. The van der Waals surface area contributed by atoms with Gasteiger partial charge in [-0.1, -0.05) is 67.6 Å². The van der Waals surface area contributed by atoms with Crippen molar-refractivity contribution in [2.75, 3.05) is 31.2 Å². The molecule has 3 aromatic rings. The van der Waals surface area contributed by atoms with E-state index >= 15 is 0 Å². The Bertz CT molecular complexity index is 1320. The highest BCUT2D eigenvalue weighted by atomic mass is 32.2. The number of hydrogen-bond donors (Lipinski definition) is 2. The number of carbonyl (C=O) groups is 2. The lowest BCUT2D eigenvalue weighted by atomic mass is 9.98. The summed E-state index contributed by atoms with van der Waals surface area (Å²) in [5.41, 5.74) is 7.49. The highest BCUT2D eigenvalue weighted by Crippen LogP contribution is 2.41. The van der Waals surface area contributed by atoms with E-state index in [1.165, 1.54) is 18.4 Å². The van der Waals surface area contributed by atoms with Gasteiger partial charge in [-0.15, -0.1) is 0 Å². The largest absolute Gasteiger partial charge is 0.352 e. The minimum atomic E-state index is -0.133. The predicted molar refractivity (Wildman–Crippen MR) is 158 cm³/mol. The average Bonchev–Trinajstić information content (AvgIpc) is 3.06. The molecule has 3 aromatic carbocycles. The zero-order chi connectivity index (χ0) is 27.4. The average molecular weight is 543 g/mol. The summed E-state index contributed by atoms with van der Waals surface area (Å²) in [5, 5.41) is 4.73. The standard InChI is InChI=1S/C32H38N4O2S/c1-22-8-10-25(11-9-22)20-34-36-28-18-26(12-13-30(28)39-29-7-5-4-6-27(29)32(36)38)31(37)33-19-24(3)21-35-16-14-23(2)15-17-35/h4-13,18,23-24,34H,14-17,19-21H2,1-3H3,(H,33,37). The Labute approximate surface area is 236 Å². The lowest BCUT2D eigenvalue weighted by molar-refractivity contribution is 0.0937. The van der Waals surface area contributed by atoms with Crippen LogP contribution in [0.3, 0.4) is 0 Å². The highest BCUT2D eigenvalue weighted by Gasteiger charge is 2.28. The Morgan fingerprint density at radius 3 is 2.54 bits per heavy atom. The molecule has 2 aliphatic heterocycles. The Kier molecular flexibility index (Phi) is 8.70. The van der Waals surface area contributed by atoms with E-state index in [9.17, 15) is 9.59 Å². The molecule has 6 nitrogen and oxygen atoms in total. The van der Waals surface area contributed by atoms with Gasteiger partial charge in [-0.05, 0) is 80.6 Å². The fraction of sp³-hybridized carbons (Fsp3) is 0.375. The third-order valence-corrected chi connectivity index (χ3v) is 8.76. The van der Waals surface area contributed by atoms with Gasteiger partial charge in [0.1, 0.15) is 0 Å². The van der Waals surface area contributed by atoms with E-state index in [1.807, 2.05) is 42.5 Å². The summed E-state index contributed by atoms with van der Waals surface area (Å²) in [6, 6.07) is 21.5. The van der Waals surface area contributed by atoms with Gasteiger partial charge in [0, 0.05) is 35.0 Å². The number of amides is 2. The number of hydrogen-bond acceptors (Lipinski definition) is 5. The van der Waals surface area contributed by atoms with Crippen LogP contribution < -0.4 is 15.8 Å². The summed E-state index contributed by atoms with van der Waals surface area (Å²) in [6.45, 7) is 11.0. The van der Waals surface area contributed by atoms with Crippen molar-refractivity contribution in [1.29, 1.82) is 0 Å². The fourth-order valence-corrected chi connectivity index (χ4v) is 6.19. The number of anilines is 1. The predicted octanol–water partition coefficient (Wildman–Crippen LogP) is 5.91. The van der Waals surface area contributed by atoms with Crippen LogP contribution in [0, 0.1) is 18.8 Å². The number of likely N-dealkylation sites (tertiary alicyclic amines) is 1. The number of piperidine rings is 1. The van der Waals surface area contributed by atoms with E-state index in [0.29, 0.717) is 35.8 Å². The molecule has 1 atom stereocenters. The maximum Gasteiger partial charge on any atom is 0.273 e. The topological polar surface area (TPSA) is 64.7 Å². The van der Waals surface area contributed by atoms with Gasteiger partial charge in [-0.25, -0.2) is 10.4 Å². The van der Waals surface area contributed by atoms with Crippen LogP contribution in [0.1, 0.15) is 58.5 Å². The van der Waals surface area contributed by atoms with Gasteiger partial charge in [-0.2, -0.15) is 0 Å². The summed E-state index contributed by atoms with van der Waals surface area (Å²) in [6.07, 6.45) is 2.51. The second-order valence-corrected chi connectivity index (χ2v) is 12.1. The fourth-order valence-electron chi connectivity index (χ4n) is 5.15. The van der Waals surface area contributed by atoms with Crippen molar-refractivity contribution in [1.82, 2.24) is 15.6 Å². The number of benzene rings is 3. The van der Waals surface area contributed by atoms with E-state index in [4.69, 9.17) is 0 Å². The number of nitrogens with zero attached hydrogens (tertiary/aromatic N) is 2. The van der Waals surface area contributed by atoms with Crippen molar-refractivity contribution in [2.45, 2.75) is 49.9 Å². The summed E-state index contributed by atoms with van der Waals surface area (Å²) in [7, 11) is 0. The van der Waals surface area contributed by atoms with Crippen LogP contribution in [0.15, 0.2) is 76.5 Å². The van der Waals surface area contributed by atoms with E-state index in [-0.39, 0.29) is 11.8 Å². The van der Waals surface area contributed by atoms with Crippen molar-refractivity contribution >= 4 is 29.3 Å². The molecule has 2 heterocycles. The van der Waals surface area contributed by atoms with E-state index in [1.54, 1.807) is 16.8 Å². The minimum absolute atomic E-state index is 0.116. The first-order chi connectivity index (χ1) is 18.9. The number of fused-ring (bicyclic) bond motifs is 2. The summed E-state index contributed by atoms with van der Waals surface area (Å²) in [5.74, 6) is 0.927. The molecule has 204 valence electrons. The third-order valence-electron chi connectivity index (χ3n) is 7.62. The first kappa shape index (κ1) is 27.4. The zero-order valence-electron chi connectivity index (χ0n) is 23.1. The Hall–Kier alpha value is -3.13. The molecule has 2 amide bonds. The number of rotatable bonds is 8. The van der Waals surface area contributed by atoms with Gasteiger partial charge in [0.15, 0.2) is 0 Å². The Morgan fingerprint density at radius 1 is 1.03 bits per heavy atom. The van der Waals surface area contributed by atoms with Gasteiger partial charge in [0.2, 0.25) is 0 Å². The molecule has 5 rings (SSSR count). The maximum absolute atomic E-state index is 13.7. The highest BCUT2D eigenvalue weighted by molar-refractivity contribution is 7.99. The lowest BCUT2D eigenvalue weighted by Crippen LogP contribution is -2.43. The van der Waals surface area contributed by atoms with Gasteiger partial charge >= 0.3 is 0 Å². The maximum atomic E-state index is 13.7. The second-order valence-electron chi connectivity index (χ2n) is 11.0. The molecular weight excluding hydrogens is 504 g/mol. The van der Waals surface area contributed by atoms with Gasteiger partial charge in [0.05, 0.1) is 11.3 Å². The number of aryl methyl sites for hydroxylation is 1. The smallest absolute Gasteiger partial charge is 0.273 e. The van der Waals surface area contributed by atoms with E-state index in [2.05, 4.69) is 60.7 Å². The van der Waals surface area contributed by atoms with Gasteiger partial charge in [0.25, 0.3) is 11.8 Å². The summed E-state index contributed by atoms with van der Waals surface area (Å²) < 4.78 is 0. The van der Waals surface area contributed by atoms with Crippen molar-refractivity contribution in [3.8, 4) is 0 Å². The van der Waals surface area contributed by atoms with Crippen LogP contribution >= 0.6 is 11.8 Å². The van der Waals surface area contributed by atoms with Crippen LogP contribution in [0.5, 0.6) is 0 Å². The zero-order valence-corrected chi connectivity index (χ0v) is 23.9. The SMILES string of the molecule is Cc1ccc(CNN2C(=O)c3ccccc3Sc3ccc(C(=O)NCC(C)CN4CCC(C)CC4)cc32)cc1. The quantitative estimate of drug-likeness (QED) is 0.371. The van der Waals surface area contributed by atoms with Crippen LogP contribution in [-0.2, 0) is 6.54 Å². The first-order valence-corrected chi connectivity index (χ1v) is 14.7. The second kappa shape index (κ2) is 12.4. The summed E-state index contributed by atoms with van der Waals surface area (Å²) >= 11 is 1.55. The molecular formula is C32H38N4O2S. The number of nitrogens with one attached hydrogen (secondary N) is 2. The molecule has 39 heavy (non-hydrogen) atoms. The monoisotopic (exact) mass is 542 g/mol. The van der Waals surface area contributed by atoms with Gasteiger partial charge in [-0.3, -0.25) is 9.59 Å². The lowest BCUT2D eigenvalue weighted by Gasteiger charge is -2.32. The van der Waals surface area contributed by atoms with E-state index in [0.717, 1.165) is 40.9 Å². The Balaban J connectivity index is 1.32.